The molecule has 0 atom stereocenters. The molecule has 3 N–H and O–H groups in total. The molecule has 0 aliphatic carbocycles. The van der Waals surface area contributed by atoms with Crippen LogP contribution < -0.4 is 16.0 Å². The Morgan fingerprint density at radius 1 is 1.00 bits per heavy atom. The number of hydrogen-bond donors (Lipinski definition) is 3. The van der Waals surface area contributed by atoms with Gasteiger partial charge in [0.15, 0.2) is 4.34 Å². The van der Waals surface area contributed by atoms with Crippen LogP contribution in [0.2, 0.25) is 0 Å². The molecule has 0 bridgehead atoms. The number of carbonyl (C=O) groups excluding carboxylic acids is 2. The Kier molecular flexibility index (Phi) is 6.62. The monoisotopic (exact) mass is 413 g/mol. The molecule has 0 saturated carbocycles. The van der Waals surface area contributed by atoms with E-state index in [0.29, 0.717) is 20.8 Å². The third-order valence-corrected chi connectivity index (χ3v) is 5.46. The largest absolute Gasteiger partial charge is 0.330 e. The zero-order valence-corrected chi connectivity index (χ0v) is 17.0. The molecule has 0 aliphatic rings. The molecule has 0 unspecified atom stereocenters. The molecule has 0 fully saturated rings. The Balaban J connectivity index is 1.48. The standard InChI is InChI=1S/C19H19N5O2S2/c1-12-4-3-5-16(10-12)22-18-23-24-19(28-18)27-11-17(26)21-15-8-6-14(7-9-15)20-13(2)25/h3-10H,11H2,1-2H3,(H,20,25)(H,21,26)(H,22,23). The van der Waals surface area contributed by atoms with E-state index >= 15 is 0 Å². The van der Waals surface area contributed by atoms with Gasteiger partial charge < -0.3 is 16.0 Å². The molecule has 7 nitrogen and oxygen atoms in total. The highest BCUT2D eigenvalue weighted by molar-refractivity contribution is 8.01. The first kappa shape index (κ1) is 19.8. The molecule has 2 aromatic carbocycles. The van der Waals surface area contributed by atoms with Gasteiger partial charge in [-0.2, -0.15) is 0 Å². The van der Waals surface area contributed by atoms with Crippen LogP contribution >= 0.6 is 23.1 Å². The Morgan fingerprint density at radius 3 is 2.39 bits per heavy atom. The van der Waals surface area contributed by atoms with Gasteiger partial charge in [0.05, 0.1) is 5.75 Å². The number of anilines is 4. The van der Waals surface area contributed by atoms with E-state index in [1.807, 2.05) is 31.2 Å². The average molecular weight is 414 g/mol. The molecule has 28 heavy (non-hydrogen) atoms. The summed E-state index contributed by atoms with van der Waals surface area (Å²) in [7, 11) is 0. The maximum absolute atomic E-state index is 12.1. The van der Waals surface area contributed by atoms with Crippen LogP contribution in [0.5, 0.6) is 0 Å². The minimum absolute atomic E-state index is 0.137. The van der Waals surface area contributed by atoms with Gasteiger partial charge in [0.25, 0.3) is 0 Å². The lowest BCUT2D eigenvalue weighted by Gasteiger charge is -2.06. The van der Waals surface area contributed by atoms with Crippen molar-refractivity contribution in [2.75, 3.05) is 21.7 Å². The minimum atomic E-state index is -0.138. The minimum Gasteiger partial charge on any atom is -0.330 e. The van der Waals surface area contributed by atoms with Gasteiger partial charge in [-0.05, 0) is 48.9 Å². The predicted octanol–water partition coefficient (Wildman–Crippen LogP) is 4.28. The lowest BCUT2D eigenvalue weighted by Crippen LogP contribution is -2.14. The van der Waals surface area contributed by atoms with Crippen molar-refractivity contribution in [2.45, 2.75) is 18.2 Å². The van der Waals surface area contributed by atoms with E-state index in [-0.39, 0.29) is 17.6 Å². The Bertz CT molecular complexity index is 972. The highest BCUT2D eigenvalue weighted by Crippen LogP contribution is 2.28. The maximum Gasteiger partial charge on any atom is 0.234 e. The second-order valence-corrected chi connectivity index (χ2v) is 8.16. The summed E-state index contributed by atoms with van der Waals surface area (Å²) in [4.78, 5) is 23.1. The highest BCUT2D eigenvalue weighted by Gasteiger charge is 2.09. The van der Waals surface area contributed by atoms with Crippen LogP contribution in [0.4, 0.5) is 22.2 Å². The third-order valence-electron chi connectivity index (χ3n) is 3.49. The van der Waals surface area contributed by atoms with Crippen LogP contribution in [0.25, 0.3) is 0 Å². The van der Waals surface area contributed by atoms with Gasteiger partial charge in [0, 0.05) is 24.0 Å². The molecule has 0 saturated heterocycles. The molecule has 3 rings (SSSR count). The Morgan fingerprint density at radius 2 is 1.71 bits per heavy atom. The number of amides is 2. The number of benzene rings is 2. The molecular formula is C19H19N5O2S2. The number of hydrogen-bond acceptors (Lipinski definition) is 7. The molecule has 144 valence electrons. The second-order valence-electron chi connectivity index (χ2n) is 5.96. The second kappa shape index (κ2) is 9.34. The van der Waals surface area contributed by atoms with Crippen molar-refractivity contribution in [1.82, 2.24) is 10.2 Å². The van der Waals surface area contributed by atoms with Crippen molar-refractivity contribution in [3.63, 3.8) is 0 Å². The van der Waals surface area contributed by atoms with E-state index in [0.717, 1.165) is 11.3 Å². The topological polar surface area (TPSA) is 96.0 Å². The smallest absolute Gasteiger partial charge is 0.234 e. The SMILES string of the molecule is CC(=O)Nc1ccc(NC(=O)CSc2nnc(Nc3cccc(C)c3)s2)cc1. The number of nitrogens with zero attached hydrogens (tertiary/aromatic N) is 2. The van der Waals surface area contributed by atoms with Gasteiger partial charge in [-0.1, -0.05) is 35.2 Å². The summed E-state index contributed by atoms with van der Waals surface area (Å²) in [5.41, 5.74) is 3.46. The van der Waals surface area contributed by atoms with Crippen LogP contribution in [-0.2, 0) is 9.59 Å². The lowest BCUT2D eigenvalue weighted by molar-refractivity contribution is -0.114. The van der Waals surface area contributed by atoms with Crippen molar-refractivity contribution < 1.29 is 9.59 Å². The maximum atomic E-state index is 12.1. The van der Waals surface area contributed by atoms with Crippen molar-refractivity contribution in [2.24, 2.45) is 0 Å². The fourth-order valence-electron chi connectivity index (χ4n) is 2.33. The normalized spacial score (nSPS) is 10.4. The molecule has 0 spiro atoms. The molecule has 0 radical (unpaired) electrons. The quantitative estimate of drug-likeness (QED) is 0.500. The average Bonchev–Trinajstić information content (AvgIpc) is 3.09. The molecule has 9 heteroatoms. The van der Waals surface area contributed by atoms with E-state index in [9.17, 15) is 9.59 Å². The van der Waals surface area contributed by atoms with Crippen LogP contribution in [0, 0.1) is 6.92 Å². The Hall–Kier alpha value is -2.91. The number of aryl methyl sites for hydroxylation is 1. The highest BCUT2D eigenvalue weighted by atomic mass is 32.2. The summed E-state index contributed by atoms with van der Waals surface area (Å²) in [5, 5.41) is 17.6. The van der Waals surface area contributed by atoms with Crippen molar-refractivity contribution in [3.05, 3.63) is 54.1 Å². The van der Waals surface area contributed by atoms with Crippen LogP contribution in [0.15, 0.2) is 52.9 Å². The molecular weight excluding hydrogens is 394 g/mol. The molecule has 0 aliphatic heterocycles. The first-order valence-corrected chi connectivity index (χ1v) is 10.3. The lowest BCUT2D eigenvalue weighted by atomic mass is 10.2. The van der Waals surface area contributed by atoms with Crippen molar-refractivity contribution >= 4 is 57.1 Å². The molecule has 2 amide bonds. The number of rotatable bonds is 7. The summed E-state index contributed by atoms with van der Waals surface area (Å²) < 4.78 is 0.714. The van der Waals surface area contributed by atoms with Gasteiger partial charge in [-0.3, -0.25) is 9.59 Å². The van der Waals surface area contributed by atoms with E-state index in [2.05, 4.69) is 26.1 Å². The van der Waals surface area contributed by atoms with Gasteiger partial charge in [-0.15, -0.1) is 10.2 Å². The third kappa shape index (κ3) is 6.07. The fraction of sp³-hybridized carbons (Fsp3) is 0.158. The molecule has 1 heterocycles. The zero-order valence-electron chi connectivity index (χ0n) is 15.4. The van der Waals surface area contributed by atoms with E-state index in [4.69, 9.17) is 0 Å². The number of carbonyl (C=O) groups is 2. The van der Waals surface area contributed by atoms with E-state index in [1.54, 1.807) is 24.3 Å². The first-order chi connectivity index (χ1) is 13.5. The van der Waals surface area contributed by atoms with Crippen LogP contribution in [0.1, 0.15) is 12.5 Å². The summed E-state index contributed by atoms with van der Waals surface area (Å²) in [6.45, 7) is 3.47. The van der Waals surface area contributed by atoms with Crippen LogP contribution in [-0.4, -0.2) is 27.8 Å². The van der Waals surface area contributed by atoms with Crippen molar-refractivity contribution in [3.8, 4) is 0 Å². The predicted molar refractivity (Wildman–Crippen MR) is 114 cm³/mol. The van der Waals surface area contributed by atoms with Gasteiger partial charge in [0.1, 0.15) is 0 Å². The Labute approximate surface area is 171 Å². The van der Waals surface area contributed by atoms with Gasteiger partial charge in [-0.25, -0.2) is 0 Å². The number of aromatic nitrogens is 2. The van der Waals surface area contributed by atoms with Crippen LogP contribution in [0.3, 0.4) is 0 Å². The van der Waals surface area contributed by atoms with E-state index < -0.39 is 0 Å². The summed E-state index contributed by atoms with van der Waals surface area (Å²) in [6, 6.07) is 14.9. The summed E-state index contributed by atoms with van der Waals surface area (Å²) in [6.07, 6.45) is 0. The zero-order chi connectivity index (χ0) is 19.9. The summed E-state index contributed by atoms with van der Waals surface area (Å²) in [5.74, 6) is -0.0471. The number of thioether (sulfide) groups is 1. The van der Waals surface area contributed by atoms with Crippen molar-refractivity contribution in [1.29, 1.82) is 0 Å². The van der Waals surface area contributed by atoms with Gasteiger partial charge >= 0.3 is 0 Å². The van der Waals surface area contributed by atoms with E-state index in [1.165, 1.54) is 30.0 Å². The summed E-state index contributed by atoms with van der Waals surface area (Å²) >= 11 is 2.73. The molecule has 3 aromatic rings. The number of nitrogens with one attached hydrogen (secondary N) is 3. The first-order valence-electron chi connectivity index (χ1n) is 8.45. The van der Waals surface area contributed by atoms with Gasteiger partial charge in [0.2, 0.25) is 16.9 Å². The molecule has 1 aromatic heterocycles. The fourth-order valence-corrected chi connectivity index (χ4v) is 3.90.